The second kappa shape index (κ2) is 4.69. The SMILES string of the molecule is Cc1cc(C2CN=C(N)N2CC(C)C)c(C)s1. The fourth-order valence-corrected chi connectivity index (χ4v) is 3.37. The molecule has 1 unspecified atom stereocenters. The van der Waals surface area contributed by atoms with Gasteiger partial charge >= 0.3 is 0 Å². The van der Waals surface area contributed by atoms with Crippen LogP contribution in [0.1, 0.15) is 35.2 Å². The van der Waals surface area contributed by atoms with Crippen LogP contribution in [-0.2, 0) is 0 Å². The van der Waals surface area contributed by atoms with Crippen LogP contribution in [0.3, 0.4) is 0 Å². The Balaban J connectivity index is 2.24. The molecule has 0 saturated heterocycles. The Morgan fingerprint density at radius 1 is 1.53 bits per heavy atom. The van der Waals surface area contributed by atoms with Crippen molar-refractivity contribution in [3.63, 3.8) is 0 Å². The first-order chi connectivity index (χ1) is 7.99. The van der Waals surface area contributed by atoms with Gasteiger partial charge in [0.25, 0.3) is 0 Å². The van der Waals surface area contributed by atoms with Crippen molar-refractivity contribution in [1.29, 1.82) is 0 Å². The molecule has 17 heavy (non-hydrogen) atoms. The van der Waals surface area contributed by atoms with Crippen LogP contribution in [0, 0.1) is 19.8 Å². The van der Waals surface area contributed by atoms with E-state index in [2.05, 4.69) is 43.7 Å². The van der Waals surface area contributed by atoms with Crippen LogP contribution >= 0.6 is 11.3 Å². The monoisotopic (exact) mass is 251 g/mol. The van der Waals surface area contributed by atoms with E-state index < -0.39 is 0 Å². The molecule has 2 heterocycles. The van der Waals surface area contributed by atoms with Crippen LogP contribution in [0.4, 0.5) is 0 Å². The van der Waals surface area contributed by atoms with E-state index in [-0.39, 0.29) is 0 Å². The van der Waals surface area contributed by atoms with E-state index in [0.29, 0.717) is 17.9 Å². The number of guanidine groups is 1. The minimum absolute atomic E-state index is 0.349. The summed E-state index contributed by atoms with van der Waals surface area (Å²) in [5.41, 5.74) is 7.39. The molecular weight excluding hydrogens is 230 g/mol. The number of hydrogen-bond donors (Lipinski definition) is 1. The van der Waals surface area contributed by atoms with Crippen molar-refractivity contribution in [3.8, 4) is 0 Å². The highest BCUT2D eigenvalue weighted by Crippen LogP contribution is 2.33. The van der Waals surface area contributed by atoms with E-state index in [1.807, 2.05) is 11.3 Å². The third kappa shape index (κ3) is 2.46. The molecule has 0 saturated carbocycles. The van der Waals surface area contributed by atoms with Gasteiger partial charge in [-0.05, 0) is 31.4 Å². The van der Waals surface area contributed by atoms with Crippen LogP contribution in [0.5, 0.6) is 0 Å². The summed E-state index contributed by atoms with van der Waals surface area (Å²) < 4.78 is 0. The van der Waals surface area contributed by atoms with Crippen molar-refractivity contribution >= 4 is 17.3 Å². The summed E-state index contributed by atoms with van der Waals surface area (Å²) in [5, 5.41) is 0. The van der Waals surface area contributed by atoms with E-state index in [9.17, 15) is 0 Å². The predicted octanol–water partition coefficient (Wildman–Crippen LogP) is 2.69. The molecule has 1 aliphatic heterocycles. The van der Waals surface area contributed by atoms with Gasteiger partial charge in [0.1, 0.15) is 0 Å². The second-order valence-electron chi connectivity index (χ2n) is 5.13. The molecule has 1 aliphatic rings. The van der Waals surface area contributed by atoms with Gasteiger partial charge in [0.2, 0.25) is 0 Å². The van der Waals surface area contributed by atoms with Gasteiger partial charge in [-0.1, -0.05) is 13.8 Å². The Morgan fingerprint density at radius 3 is 2.76 bits per heavy atom. The molecule has 0 radical (unpaired) electrons. The lowest BCUT2D eigenvalue weighted by atomic mass is 10.1. The first-order valence-electron chi connectivity index (χ1n) is 6.12. The molecule has 3 nitrogen and oxygen atoms in total. The van der Waals surface area contributed by atoms with Crippen molar-refractivity contribution < 1.29 is 0 Å². The van der Waals surface area contributed by atoms with Crippen LogP contribution in [-0.4, -0.2) is 23.9 Å². The van der Waals surface area contributed by atoms with Gasteiger partial charge < -0.3 is 10.6 Å². The molecular formula is C13H21N3S. The fourth-order valence-electron chi connectivity index (χ4n) is 2.39. The third-order valence-electron chi connectivity index (χ3n) is 3.10. The number of hydrogen-bond acceptors (Lipinski definition) is 4. The molecule has 1 atom stereocenters. The fraction of sp³-hybridized carbons (Fsp3) is 0.615. The molecule has 2 N–H and O–H groups in total. The van der Waals surface area contributed by atoms with Crippen molar-refractivity contribution in [3.05, 3.63) is 21.4 Å². The summed E-state index contributed by atoms with van der Waals surface area (Å²) in [7, 11) is 0. The van der Waals surface area contributed by atoms with Gasteiger partial charge in [0.15, 0.2) is 5.96 Å². The Labute approximate surface area is 107 Å². The quantitative estimate of drug-likeness (QED) is 0.897. The van der Waals surface area contributed by atoms with Gasteiger partial charge in [-0.2, -0.15) is 0 Å². The number of aliphatic imine (C=N–C) groups is 1. The molecule has 0 aromatic carbocycles. The Kier molecular flexibility index (Phi) is 3.43. The number of nitrogens with zero attached hydrogens (tertiary/aromatic N) is 2. The van der Waals surface area contributed by atoms with Gasteiger partial charge in [-0.3, -0.25) is 4.99 Å². The summed E-state index contributed by atoms with van der Waals surface area (Å²) >= 11 is 1.86. The molecule has 2 rings (SSSR count). The zero-order valence-corrected chi connectivity index (χ0v) is 11.8. The predicted molar refractivity (Wildman–Crippen MR) is 74.6 cm³/mol. The molecule has 4 heteroatoms. The van der Waals surface area contributed by atoms with E-state index in [0.717, 1.165) is 13.1 Å². The Morgan fingerprint density at radius 2 is 2.24 bits per heavy atom. The maximum Gasteiger partial charge on any atom is 0.191 e. The Hall–Kier alpha value is -1.03. The van der Waals surface area contributed by atoms with Crippen molar-refractivity contribution in [2.75, 3.05) is 13.1 Å². The Bertz CT molecular complexity index is 434. The lowest BCUT2D eigenvalue weighted by Gasteiger charge is -2.28. The molecule has 0 spiro atoms. The zero-order chi connectivity index (χ0) is 12.6. The first-order valence-corrected chi connectivity index (χ1v) is 6.94. The maximum absolute atomic E-state index is 5.99. The minimum atomic E-state index is 0.349. The minimum Gasteiger partial charge on any atom is -0.370 e. The van der Waals surface area contributed by atoms with Crippen molar-refractivity contribution in [1.82, 2.24) is 4.90 Å². The second-order valence-corrected chi connectivity index (χ2v) is 6.59. The largest absolute Gasteiger partial charge is 0.370 e. The summed E-state index contributed by atoms with van der Waals surface area (Å²) in [6.07, 6.45) is 0. The van der Waals surface area contributed by atoms with Crippen molar-refractivity contribution in [2.45, 2.75) is 33.7 Å². The third-order valence-corrected chi connectivity index (χ3v) is 4.08. The highest BCUT2D eigenvalue weighted by molar-refractivity contribution is 7.12. The highest BCUT2D eigenvalue weighted by Gasteiger charge is 2.29. The number of aryl methyl sites for hydroxylation is 2. The zero-order valence-electron chi connectivity index (χ0n) is 11.0. The molecule has 0 amide bonds. The summed E-state index contributed by atoms with van der Waals surface area (Å²) in [4.78, 5) is 9.42. The molecule has 0 bridgehead atoms. The van der Waals surface area contributed by atoms with Crippen LogP contribution in [0.25, 0.3) is 0 Å². The normalized spacial score (nSPS) is 20.2. The van der Waals surface area contributed by atoms with E-state index >= 15 is 0 Å². The summed E-state index contributed by atoms with van der Waals surface area (Å²) in [5.74, 6) is 1.30. The molecule has 0 fully saturated rings. The molecule has 1 aromatic heterocycles. The van der Waals surface area contributed by atoms with E-state index in [4.69, 9.17) is 5.73 Å². The molecule has 94 valence electrons. The summed E-state index contributed by atoms with van der Waals surface area (Å²) in [6.45, 7) is 10.6. The standard InChI is InChI=1S/C13H21N3S/c1-8(2)7-16-12(6-15-13(16)14)11-5-9(3)17-10(11)4/h5,8,12H,6-7H2,1-4H3,(H2,14,15). The highest BCUT2D eigenvalue weighted by atomic mass is 32.1. The topological polar surface area (TPSA) is 41.6 Å². The van der Waals surface area contributed by atoms with Gasteiger partial charge in [-0.15, -0.1) is 11.3 Å². The van der Waals surface area contributed by atoms with Crippen LogP contribution < -0.4 is 5.73 Å². The maximum atomic E-state index is 5.99. The smallest absolute Gasteiger partial charge is 0.191 e. The number of thiophene rings is 1. The van der Waals surface area contributed by atoms with Gasteiger partial charge in [0.05, 0.1) is 12.6 Å². The van der Waals surface area contributed by atoms with Gasteiger partial charge in [0, 0.05) is 16.3 Å². The van der Waals surface area contributed by atoms with E-state index in [1.165, 1.54) is 15.3 Å². The average Bonchev–Trinajstić information content (AvgIpc) is 2.71. The summed E-state index contributed by atoms with van der Waals surface area (Å²) in [6, 6.07) is 2.63. The first kappa shape index (κ1) is 12.4. The number of rotatable bonds is 3. The average molecular weight is 251 g/mol. The van der Waals surface area contributed by atoms with Crippen LogP contribution in [0.2, 0.25) is 0 Å². The van der Waals surface area contributed by atoms with Crippen molar-refractivity contribution in [2.24, 2.45) is 16.6 Å². The van der Waals surface area contributed by atoms with E-state index in [1.54, 1.807) is 0 Å². The molecule has 1 aromatic rings. The lowest BCUT2D eigenvalue weighted by molar-refractivity contribution is 0.309. The molecule has 0 aliphatic carbocycles. The number of nitrogens with two attached hydrogens (primary N) is 1. The lowest BCUT2D eigenvalue weighted by Crippen LogP contribution is -2.38. The van der Waals surface area contributed by atoms with Gasteiger partial charge in [-0.25, -0.2) is 0 Å². The van der Waals surface area contributed by atoms with Crippen LogP contribution in [0.15, 0.2) is 11.1 Å².